The third-order valence-electron chi connectivity index (χ3n) is 4.16. The number of hydrogen-bond acceptors (Lipinski definition) is 2. The first-order valence-electron chi connectivity index (χ1n) is 8.47. The summed E-state index contributed by atoms with van der Waals surface area (Å²) < 4.78 is 0. The van der Waals surface area contributed by atoms with E-state index in [4.69, 9.17) is 23.8 Å². The second-order valence-corrected chi connectivity index (χ2v) is 7.11. The van der Waals surface area contributed by atoms with Crippen LogP contribution in [-0.4, -0.2) is 15.1 Å². The Hall–Kier alpha value is -2.89. The number of fused-ring (bicyclic) bond motifs is 1. The maximum atomic E-state index is 5.89. The van der Waals surface area contributed by atoms with Crippen molar-refractivity contribution in [2.75, 3.05) is 10.6 Å². The van der Waals surface area contributed by atoms with Crippen LogP contribution in [0.3, 0.4) is 0 Å². The smallest absolute Gasteiger partial charge is 0.175 e. The average Bonchev–Trinajstić information content (AvgIpc) is 3.07. The molecule has 0 fully saturated rings. The van der Waals surface area contributed by atoms with Crippen molar-refractivity contribution in [3.63, 3.8) is 0 Å². The van der Waals surface area contributed by atoms with Crippen LogP contribution in [0.5, 0.6) is 0 Å². The van der Waals surface area contributed by atoms with Gasteiger partial charge in [-0.15, -0.1) is 0 Å². The molecule has 4 nitrogen and oxygen atoms in total. The number of H-pyrrole nitrogens is 1. The van der Waals surface area contributed by atoms with Gasteiger partial charge in [-0.25, -0.2) is 4.98 Å². The van der Waals surface area contributed by atoms with Crippen LogP contribution in [0.4, 0.5) is 11.4 Å². The first-order valence-corrected chi connectivity index (χ1v) is 9.26. The molecule has 0 saturated carbocycles. The van der Waals surface area contributed by atoms with Gasteiger partial charge in [-0.1, -0.05) is 17.7 Å². The van der Waals surface area contributed by atoms with E-state index in [1.54, 1.807) is 0 Å². The zero-order valence-electron chi connectivity index (χ0n) is 14.6. The van der Waals surface area contributed by atoms with E-state index >= 15 is 0 Å². The van der Waals surface area contributed by atoms with Crippen LogP contribution < -0.4 is 10.6 Å². The summed E-state index contributed by atoms with van der Waals surface area (Å²) in [6, 6.07) is 21.6. The van der Waals surface area contributed by atoms with Crippen LogP contribution in [-0.2, 0) is 0 Å². The quantitative estimate of drug-likeness (QED) is 0.374. The SMILES string of the molecule is Cc1ccc2nc(-c3ccc(NC(=S)Nc4ccc(Cl)cc4)cc3)[nH]c2c1. The van der Waals surface area contributed by atoms with Crippen molar-refractivity contribution in [3.8, 4) is 11.4 Å². The minimum absolute atomic E-state index is 0.518. The molecule has 0 bridgehead atoms. The molecule has 3 N–H and O–H groups in total. The second-order valence-electron chi connectivity index (χ2n) is 6.27. The number of aromatic amines is 1. The van der Waals surface area contributed by atoms with E-state index in [0.717, 1.165) is 33.8 Å². The highest BCUT2D eigenvalue weighted by Gasteiger charge is 2.06. The summed E-state index contributed by atoms with van der Waals surface area (Å²) in [6.07, 6.45) is 0. The number of imidazole rings is 1. The molecule has 0 atom stereocenters. The van der Waals surface area contributed by atoms with E-state index in [9.17, 15) is 0 Å². The number of nitrogens with one attached hydrogen (secondary N) is 3. The molecule has 3 aromatic carbocycles. The maximum Gasteiger partial charge on any atom is 0.175 e. The number of aryl methyl sites for hydroxylation is 1. The lowest BCUT2D eigenvalue weighted by molar-refractivity contribution is 1.34. The Balaban J connectivity index is 1.46. The highest BCUT2D eigenvalue weighted by Crippen LogP contribution is 2.23. The van der Waals surface area contributed by atoms with Crippen molar-refractivity contribution in [2.24, 2.45) is 0 Å². The van der Waals surface area contributed by atoms with Gasteiger partial charge in [0.2, 0.25) is 0 Å². The van der Waals surface area contributed by atoms with E-state index in [0.29, 0.717) is 10.1 Å². The van der Waals surface area contributed by atoms with Gasteiger partial charge in [0.05, 0.1) is 11.0 Å². The molecule has 0 saturated heterocycles. The minimum atomic E-state index is 0.518. The Labute approximate surface area is 167 Å². The number of hydrogen-bond donors (Lipinski definition) is 3. The molecule has 0 radical (unpaired) electrons. The van der Waals surface area contributed by atoms with Crippen molar-refractivity contribution >= 4 is 51.3 Å². The monoisotopic (exact) mass is 392 g/mol. The molecule has 0 aliphatic rings. The molecule has 27 heavy (non-hydrogen) atoms. The summed E-state index contributed by atoms with van der Waals surface area (Å²) in [4.78, 5) is 8.02. The van der Waals surface area contributed by atoms with E-state index in [-0.39, 0.29) is 0 Å². The Bertz CT molecular complexity index is 1100. The summed E-state index contributed by atoms with van der Waals surface area (Å²) in [5, 5.41) is 7.51. The molecule has 6 heteroatoms. The molecule has 0 aliphatic carbocycles. The Morgan fingerprint density at radius 1 is 0.926 bits per heavy atom. The molecule has 4 aromatic rings. The predicted octanol–water partition coefficient (Wildman–Crippen LogP) is 6.00. The van der Waals surface area contributed by atoms with Crippen LogP contribution in [0.2, 0.25) is 5.02 Å². The number of halogens is 1. The summed E-state index contributed by atoms with van der Waals surface area (Å²) in [5.74, 6) is 0.851. The van der Waals surface area contributed by atoms with Gasteiger partial charge in [0.25, 0.3) is 0 Å². The average molecular weight is 393 g/mol. The zero-order chi connectivity index (χ0) is 18.8. The van der Waals surface area contributed by atoms with Crippen LogP contribution >= 0.6 is 23.8 Å². The molecule has 0 amide bonds. The van der Waals surface area contributed by atoms with Crippen molar-refractivity contribution in [3.05, 3.63) is 77.3 Å². The van der Waals surface area contributed by atoms with Gasteiger partial charge in [-0.05, 0) is 85.4 Å². The molecular formula is C21H17ClN4S. The Morgan fingerprint density at radius 2 is 1.56 bits per heavy atom. The number of aromatic nitrogens is 2. The molecule has 0 spiro atoms. The van der Waals surface area contributed by atoms with Crippen molar-refractivity contribution in [1.29, 1.82) is 0 Å². The molecule has 4 rings (SSSR count). The number of nitrogens with zero attached hydrogens (tertiary/aromatic N) is 1. The Kier molecular flexibility index (Phi) is 4.79. The van der Waals surface area contributed by atoms with Crippen molar-refractivity contribution < 1.29 is 0 Å². The zero-order valence-corrected chi connectivity index (χ0v) is 16.2. The molecular weight excluding hydrogens is 376 g/mol. The lowest BCUT2D eigenvalue weighted by Crippen LogP contribution is -2.18. The van der Waals surface area contributed by atoms with E-state index in [2.05, 4.69) is 39.7 Å². The summed E-state index contributed by atoms with van der Waals surface area (Å²) >= 11 is 11.3. The molecule has 1 aromatic heterocycles. The van der Waals surface area contributed by atoms with Gasteiger partial charge in [0.1, 0.15) is 5.82 Å². The summed E-state index contributed by atoms with van der Waals surface area (Å²) in [7, 11) is 0. The largest absolute Gasteiger partial charge is 0.338 e. The van der Waals surface area contributed by atoms with Crippen LogP contribution in [0, 0.1) is 6.92 Å². The van der Waals surface area contributed by atoms with E-state index in [1.165, 1.54) is 5.56 Å². The highest BCUT2D eigenvalue weighted by molar-refractivity contribution is 7.80. The fourth-order valence-electron chi connectivity index (χ4n) is 2.80. The molecule has 1 heterocycles. The fraction of sp³-hybridized carbons (Fsp3) is 0.0476. The van der Waals surface area contributed by atoms with Crippen molar-refractivity contribution in [2.45, 2.75) is 6.92 Å². The number of rotatable bonds is 3. The first-order chi connectivity index (χ1) is 13.1. The van der Waals surface area contributed by atoms with Gasteiger partial charge < -0.3 is 15.6 Å². The summed E-state index contributed by atoms with van der Waals surface area (Å²) in [5.41, 5.74) is 6.01. The third kappa shape index (κ3) is 4.10. The number of thiocarbonyl (C=S) groups is 1. The second kappa shape index (κ2) is 7.39. The lowest BCUT2D eigenvalue weighted by atomic mass is 10.2. The molecule has 0 aliphatic heterocycles. The van der Waals surface area contributed by atoms with E-state index in [1.807, 2.05) is 54.6 Å². The van der Waals surface area contributed by atoms with Crippen LogP contribution in [0.15, 0.2) is 66.7 Å². The molecule has 134 valence electrons. The van der Waals surface area contributed by atoms with E-state index < -0.39 is 0 Å². The van der Waals surface area contributed by atoms with Gasteiger partial charge in [-0.3, -0.25) is 0 Å². The topological polar surface area (TPSA) is 52.7 Å². The van der Waals surface area contributed by atoms with Gasteiger partial charge in [0.15, 0.2) is 5.11 Å². The standard InChI is InChI=1S/C21H17ClN4S/c1-13-2-11-18-19(12-13)26-20(25-18)14-3-7-16(8-4-14)23-21(27)24-17-9-5-15(22)6-10-17/h2-12H,1H3,(H,25,26)(H2,23,24,27). The number of benzene rings is 3. The highest BCUT2D eigenvalue weighted by atomic mass is 35.5. The third-order valence-corrected chi connectivity index (χ3v) is 4.61. The fourth-order valence-corrected chi connectivity index (χ4v) is 3.16. The van der Waals surface area contributed by atoms with Crippen LogP contribution in [0.1, 0.15) is 5.56 Å². The van der Waals surface area contributed by atoms with Crippen molar-refractivity contribution in [1.82, 2.24) is 9.97 Å². The predicted molar refractivity (Wildman–Crippen MR) is 118 cm³/mol. The minimum Gasteiger partial charge on any atom is -0.338 e. The molecule has 0 unspecified atom stereocenters. The summed E-state index contributed by atoms with van der Waals surface area (Å²) in [6.45, 7) is 2.07. The van der Waals surface area contributed by atoms with Gasteiger partial charge in [0, 0.05) is 22.0 Å². The lowest BCUT2D eigenvalue weighted by Gasteiger charge is -2.11. The van der Waals surface area contributed by atoms with Gasteiger partial charge in [-0.2, -0.15) is 0 Å². The maximum absolute atomic E-state index is 5.89. The van der Waals surface area contributed by atoms with Crippen LogP contribution in [0.25, 0.3) is 22.4 Å². The first kappa shape index (κ1) is 17.5. The number of anilines is 2. The Morgan fingerprint density at radius 3 is 2.22 bits per heavy atom. The normalized spacial score (nSPS) is 10.7. The van der Waals surface area contributed by atoms with Gasteiger partial charge >= 0.3 is 0 Å².